The van der Waals surface area contributed by atoms with Crippen LogP contribution in [0.4, 0.5) is 5.69 Å². The molecule has 0 radical (unpaired) electrons. The van der Waals surface area contributed by atoms with Crippen molar-refractivity contribution in [2.75, 3.05) is 11.9 Å². The molecular formula is C12H14N2O2. The molecule has 0 N–H and O–H groups in total. The normalized spacial score (nSPS) is 11.4. The first-order valence-electron chi connectivity index (χ1n) is 4.97. The lowest BCUT2D eigenvalue weighted by Gasteiger charge is -2.16. The number of carbonyl (C=O) groups is 1. The zero-order valence-corrected chi connectivity index (χ0v) is 9.60. The minimum Gasteiger partial charge on any atom is -0.316 e. The number of amides is 1. The maximum Gasteiger partial charge on any atom is 0.235 e. The van der Waals surface area contributed by atoms with Crippen molar-refractivity contribution < 1.29 is 9.59 Å². The number of hydrogen-bond acceptors (Lipinski definition) is 3. The van der Waals surface area contributed by atoms with Gasteiger partial charge in [-0.3, -0.25) is 4.79 Å². The van der Waals surface area contributed by atoms with Gasteiger partial charge in [0, 0.05) is 19.7 Å². The molecule has 0 aliphatic carbocycles. The summed E-state index contributed by atoms with van der Waals surface area (Å²) < 4.78 is 0. The highest BCUT2D eigenvalue weighted by molar-refractivity contribution is 5.90. The summed E-state index contributed by atoms with van der Waals surface area (Å²) in [5.74, 6) is -0.0382. The topological polar surface area (TPSA) is 49.7 Å². The lowest BCUT2D eigenvalue weighted by Crippen LogP contribution is -2.22. The van der Waals surface area contributed by atoms with Crippen LogP contribution in [-0.4, -0.2) is 19.0 Å². The van der Waals surface area contributed by atoms with E-state index >= 15 is 0 Å². The molecule has 1 unspecified atom stereocenters. The van der Waals surface area contributed by atoms with Crippen molar-refractivity contribution in [1.82, 2.24) is 0 Å². The van der Waals surface area contributed by atoms with Crippen molar-refractivity contribution in [2.24, 2.45) is 4.99 Å². The molecule has 1 rings (SSSR count). The largest absolute Gasteiger partial charge is 0.316 e. The minimum atomic E-state index is -0.238. The molecule has 1 amide bonds. The van der Waals surface area contributed by atoms with E-state index in [-0.39, 0.29) is 11.9 Å². The SMILES string of the molecule is CC(=O)N(C)c1cccc(C(C)N=C=O)c1. The predicted octanol–water partition coefficient (Wildman–Crippen LogP) is 2.07. The summed E-state index contributed by atoms with van der Waals surface area (Å²) in [5, 5.41) is 0. The van der Waals surface area contributed by atoms with Crippen LogP contribution in [0, 0.1) is 0 Å². The molecular weight excluding hydrogens is 204 g/mol. The van der Waals surface area contributed by atoms with Crippen molar-refractivity contribution in [2.45, 2.75) is 19.9 Å². The summed E-state index contributed by atoms with van der Waals surface area (Å²) in [5.41, 5.74) is 1.67. The molecule has 4 heteroatoms. The highest BCUT2D eigenvalue weighted by Gasteiger charge is 2.08. The van der Waals surface area contributed by atoms with E-state index in [4.69, 9.17) is 0 Å². The third-order valence-corrected chi connectivity index (χ3v) is 2.46. The molecule has 0 fully saturated rings. The van der Waals surface area contributed by atoms with Gasteiger partial charge in [0.05, 0.1) is 6.04 Å². The lowest BCUT2D eigenvalue weighted by molar-refractivity contribution is -0.116. The van der Waals surface area contributed by atoms with E-state index in [2.05, 4.69) is 4.99 Å². The first-order valence-corrected chi connectivity index (χ1v) is 4.97. The highest BCUT2D eigenvalue weighted by atomic mass is 16.2. The van der Waals surface area contributed by atoms with Crippen LogP contribution in [-0.2, 0) is 9.59 Å². The van der Waals surface area contributed by atoms with Crippen molar-refractivity contribution in [3.63, 3.8) is 0 Å². The number of hydrogen-bond donors (Lipinski definition) is 0. The fourth-order valence-corrected chi connectivity index (χ4v) is 1.33. The molecule has 0 aliphatic heterocycles. The Hall–Kier alpha value is -1.93. The quantitative estimate of drug-likeness (QED) is 0.576. The van der Waals surface area contributed by atoms with Gasteiger partial charge in [-0.15, -0.1) is 0 Å². The molecule has 16 heavy (non-hydrogen) atoms. The molecule has 0 aliphatic rings. The van der Waals surface area contributed by atoms with Crippen molar-refractivity contribution >= 4 is 17.7 Å². The summed E-state index contributed by atoms with van der Waals surface area (Å²) >= 11 is 0. The van der Waals surface area contributed by atoms with Gasteiger partial charge in [0.15, 0.2) is 0 Å². The fraction of sp³-hybridized carbons (Fsp3) is 0.333. The standard InChI is InChI=1S/C12H14N2O2/c1-9(13-8-15)11-5-4-6-12(7-11)14(3)10(2)16/h4-7,9H,1-3H3. The smallest absolute Gasteiger partial charge is 0.235 e. The average molecular weight is 218 g/mol. The molecule has 0 heterocycles. The third-order valence-electron chi connectivity index (χ3n) is 2.46. The Morgan fingerprint density at radius 2 is 2.19 bits per heavy atom. The molecule has 0 saturated carbocycles. The van der Waals surface area contributed by atoms with Crippen molar-refractivity contribution in [3.8, 4) is 0 Å². The van der Waals surface area contributed by atoms with Crippen LogP contribution in [0.5, 0.6) is 0 Å². The van der Waals surface area contributed by atoms with E-state index in [1.54, 1.807) is 18.9 Å². The van der Waals surface area contributed by atoms with E-state index in [9.17, 15) is 9.59 Å². The van der Waals surface area contributed by atoms with Gasteiger partial charge in [-0.2, -0.15) is 4.99 Å². The van der Waals surface area contributed by atoms with Gasteiger partial charge in [0.2, 0.25) is 12.0 Å². The first-order chi connectivity index (χ1) is 7.56. The average Bonchev–Trinajstić information content (AvgIpc) is 2.28. The number of nitrogens with zero attached hydrogens (tertiary/aromatic N) is 2. The van der Waals surface area contributed by atoms with E-state index < -0.39 is 0 Å². The molecule has 0 aromatic heterocycles. The molecule has 0 spiro atoms. The van der Waals surface area contributed by atoms with E-state index in [0.717, 1.165) is 11.3 Å². The number of carbonyl (C=O) groups excluding carboxylic acids is 2. The Morgan fingerprint density at radius 1 is 1.50 bits per heavy atom. The Bertz CT molecular complexity index is 413. The van der Waals surface area contributed by atoms with Crippen LogP contribution in [0.15, 0.2) is 29.3 Å². The summed E-state index contributed by atoms with van der Waals surface area (Å²) in [6.07, 6.45) is 1.53. The van der Waals surface area contributed by atoms with Crippen LogP contribution in [0.1, 0.15) is 25.5 Å². The van der Waals surface area contributed by atoms with Crippen molar-refractivity contribution in [1.29, 1.82) is 0 Å². The van der Waals surface area contributed by atoms with Crippen molar-refractivity contribution in [3.05, 3.63) is 29.8 Å². The number of isocyanates is 1. The Morgan fingerprint density at radius 3 is 2.75 bits per heavy atom. The van der Waals surface area contributed by atoms with E-state index in [0.29, 0.717) is 0 Å². The molecule has 1 aromatic rings. The van der Waals surface area contributed by atoms with Crippen LogP contribution in [0.25, 0.3) is 0 Å². The fourth-order valence-electron chi connectivity index (χ4n) is 1.33. The number of benzene rings is 1. The van der Waals surface area contributed by atoms with Gasteiger partial charge in [-0.05, 0) is 24.6 Å². The number of aliphatic imine (C=N–C) groups is 1. The molecule has 4 nitrogen and oxygen atoms in total. The second kappa shape index (κ2) is 5.24. The zero-order chi connectivity index (χ0) is 12.1. The first kappa shape index (κ1) is 12.1. The Kier molecular flexibility index (Phi) is 3.97. The van der Waals surface area contributed by atoms with Gasteiger partial charge >= 0.3 is 0 Å². The van der Waals surface area contributed by atoms with Gasteiger partial charge in [0.1, 0.15) is 0 Å². The molecule has 84 valence electrons. The summed E-state index contributed by atoms with van der Waals surface area (Å²) in [7, 11) is 1.70. The van der Waals surface area contributed by atoms with Gasteiger partial charge in [-0.1, -0.05) is 12.1 Å². The molecule has 0 saturated heterocycles. The number of rotatable bonds is 3. The summed E-state index contributed by atoms with van der Waals surface area (Å²) in [6.45, 7) is 3.30. The lowest BCUT2D eigenvalue weighted by atomic mass is 10.1. The summed E-state index contributed by atoms with van der Waals surface area (Å²) in [4.78, 5) is 26.5. The van der Waals surface area contributed by atoms with Crippen LogP contribution < -0.4 is 4.90 Å². The highest BCUT2D eigenvalue weighted by Crippen LogP contribution is 2.21. The monoisotopic (exact) mass is 218 g/mol. The Balaban J connectivity index is 3.03. The summed E-state index contributed by atoms with van der Waals surface area (Å²) in [6, 6.07) is 7.14. The molecule has 1 atom stereocenters. The third kappa shape index (κ3) is 2.78. The van der Waals surface area contributed by atoms with Crippen LogP contribution >= 0.6 is 0 Å². The van der Waals surface area contributed by atoms with E-state index in [1.807, 2.05) is 24.3 Å². The maximum atomic E-state index is 11.2. The van der Waals surface area contributed by atoms with E-state index in [1.165, 1.54) is 13.0 Å². The van der Waals surface area contributed by atoms with Gasteiger partial charge in [0.25, 0.3) is 0 Å². The van der Waals surface area contributed by atoms with Gasteiger partial charge < -0.3 is 4.90 Å². The second-order valence-corrected chi connectivity index (χ2v) is 3.57. The zero-order valence-electron chi connectivity index (χ0n) is 9.60. The Labute approximate surface area is 94.6 Å². The molecule has 1 aromatic carbocycles. The van der Waals surface area contributed by atoms with Crippen LogP contribution in [0.3, 0.4) is 0 Å². The minimum absolute atomic E-state index is 0.0382. The molecule has 0 bridgehead atoms. The maximum absolute atomic E-state index is 11.2. The second-order valence-electron chi connectivity index (χ2n) is 3.57. The number of anilines is 1. The predicted molar refractivity (Wildman–Crippen MR) is 62.1 cm³/mol. The van der Waals surface area contributed by atoms with Gasteiger partial charge in [-0.25, -0.2) is 4.79 Å². The van der Waals surface area contributed by atoms with Crippen LogP contribution in [0.2, 0.25) is 0 Å².